The van der Waals surface area contributed by atoms with Crippen LogP contribution >= 0.6 is 0 Å². The number of nitrogens with zero attached hydrogens (tertiary/aromatic N) is 3. The molecule has 1 saturated carbocycles. The lowest BCUT2D eigenvalue weighted by atomic mass is 9.99. The molecule has 126 valence electrons. The number of anilines is 1. The highest BCUT2D eigenvalue weighted by molar-refractivity contribution is 6.39. The number of amides is 2. The van der Waals surface area contributed by atoms with E-state index in [0.717, 1.165) is 18.5 Å². The van der Waals surface area contributed by atoms with Gasteiger partial charge in [0, 0.05) is 36.9 Å². The van der Waals surface area contributed by atoms with E-state index in [2.05, 4.69) is 17.2 Å². The quantitative estimate of drug-likeness (QED) is 0.878. The molecule has 1 N–H and O–H groups in total. The fraction of sp³-hybridized carbons (Fsp3) is 0.389. The van der Waals surface area contributed by atoms with Crippen LogP contribution in [0.1, 0.15) is 26.7 Å². The van der Waals surface area contributed by atoms with Gasteiger partial charge < -0.3 is 14.8 Å². The molecule has 0 aliphatic heterocycles. The van der Waals surface area contributed by atoms with Gasteiger partial charge in [0.1, 0.15) is 0 Å². The summed E-state index contributed by atoms with van der Waals surface area (Å²) in [5.74, 6) is -1.12. The first-order valence-electron chi connectivity index (χ1n) is 8.07. The Balaban J connectivity index is 1.68. The van der Waals surface area contributed by atoms with E-state index >= 15 is 0 Å². The first-order chi connectivity index (χ1) is 11.4. The number of hydrogen-bond acceptors (Lipinski definition) is 3. The number of hydrogen-bond donors (Lipinski definition) is 1. The van der Waals surface area contributed by atoms with Crippen LogP contribution in [0.25, 0.3) is 5.69 Å². The van der Waals surface area contributed by atoms with Crippen molar-refractivity contribution in [1.29, 1.82) is 0 Å². The van der Waals surface area contributed by atoms with E-state index < -0.39 is 11.8 Å². The van der Waals surface area contributed by atoms with Crippen molar-refractivity contribution in [3.05, 3.63) is 43.0 Å². The van der Waals surface area contributed by atoms with E-state index in [1.165, 1.54) is 0 Å². The maximum Gasteiger partial charge on any atom is 0.313 e. The minimum atomic E-state index is -0.614. The molecule has 1 aliphatic rings. The van der Waals surface area contributed by atoms with Crippen molar-refractivity contribution in [3.8, 4) is 5.69 Å². The van der Waals surface area contributed by atoms with Gasteiger partial charge in [0.05, 0.1) is 6.33 Å². The molecule has 6 nitrogen and oxygen atoms in total. The molecular formula is C18H22N4O2. The molecule has 1 aromatic heterocycles. The molecule has 2 aromatic rings. The highest BCUT2D eigenvalue weighted by atomic mass is 16.2. The van der Waals surface area contributed by atoms with Crippen LogP contribution in [-0.2, 0) is 9.59 Å². The zero-order chi connectivity index (χ0) is 17.3. The fourth-order valence-electron chi connectivity index (χ4n) is 2.76. The number of aromatic nitrogens is 2. The minimum Gasteiger partial charge on any atom is -0.334 e. The van der Waals surface area contributed by atoms with Crippen molar-refractivity contribution in [2.75, 3.05) is 12.4 Å². The number of carbonyl (C=O) groups is 2. The Kier molecular flexibility index (Phi) is 4.13. The molecule has 1 aromatic carbocycles. The van der Waals surface area contributed by atoms with Crippen LogP contribution < -0.4 is 5.32 Å². The summed E-state index contributed by atoms with van der Waals surface area (Å²) in [5.41, 5.74) is 1.59. The average Bonchev–Trinajstić information content (AvgIpc) is 3.12. The van der Waals surface area contributed by atoms with E-state index in [0.29, 0.717) is 5.69 Å². The Morgan fingerprint density at radius 2 is 2.12 bits per heavy atom. The SMILES string of the molecule is CC(N(C)C(=O)C(=O)Nc1cccc(-n2ccnc2)c1)C1(C)CC1. The van der Waals surface area contributed by atoms with Crippen molar-refractivity contribution in [3.63, 3.8) is 0 Å². The van der Waals surface area contributed by atoms with E-state index in [4.69, 9.17) is 0 Å². The molecule has 1 atom stereocenters. The van der Waals surface area contributed by atoms with Gasteiger partial charge in [0.2, 0.25) is 0 Å². The fourth-order valence-corrected chi connectivity index (χ4v) is 2.76. The standard InChI is InChI=1S/C18H22N4O2/c1-13(18(2)7-8-18)21(3)17(24)16(23)20-14-5-4-6-15(11-14)22-10-9-19-12-22/h4-6,9-13H,7-8H2,1-3H3,(H,20,23). The van der Waals surface area contributed by atoms with Crippen molar-refractivity contribution in [1.82, 2.24) is 14.5 Å². The van der Waals surface area contributed by atoms with Gasteiger partial charge in [0.25, 0.3) is 0 Å². The minimum absolute atomic E-state index is 0.0491. The van der Waals surface area contributed by atoms with Gasteiger partial charge in [-0.05, 0) is 43.4 Å². The lowest BCUT2D eigenvalue weighted by molar-refractivity contribution is -0.144. The molecule has 1 fully saturated rings. The number of carbonyl (C=O) groups excluding carboxylic acids is 2. The maximum absolute atomic E-state index is 12.4. The third-order valence-corrected chi connectivity index (χ3v) is 5.05. The van der Waals surface area contributed by atoms with Crippen LogP contribution in [-0.4, -0.2) is 39.4 Å². The van der Waals surface area contributed by atoms with Gasteiger partial charge in [-0.15, -0.1) is 0 Å². The Bertz CT molecular complexity index is 750. The molecule has 1 aliphatic carbocycles. The number of nitrogens with one attached hydrogen (secondary N) is 1. The summed E-state index contributed by atoms with van der Waals surface area (Å²) < 4.78 is 1.83. The Hall–Kier alpha value is -2.63. The number of rotatable bonds is 4. The van der Waals surface area contributed by atoms with E-state index in [1.54, 1.807) is 36.6 Å². The summed E-state index contributed by atoms with van der Waals surface area (Å²) in [7, 11) is 1.69. The van der Waals surface area contributed by atoms with Gasteiger partial charge in [-0.2, -0.15) is 0 Å². The molecule has 0 radical (unpaired) electrons. The van der Waals surface area contributed by atoms with Crippen LogP contribution in [0.3, 0.4) is 0 Å². The summed E-state index contributed by atoms with van der Waals surface area (Å²) >= 11 is 0. The molecular weight excluding hydrogens is 304 g/mol. The van der Waals surface area contributed by atoms with Crippen LogP contribution in [0, 0.1) is 5.41 Å². The van der Waals surface area contributed by atoms with Gasteiger partial charge in [0.15, 0.2) is 0 Å². The number of likely N-dealkylation sites (N-methyl/N-ethyl adjacent to an activating group) is 1. The van der Waals surface area contributed by atoms with Crippen molar-refractivity contribution in [2.24, 2.45) is 5.41 Å². The van der Waals surface area contributed by atoms with Crippen LogP contribution in [0.15, 0.2) is 43.0 Å². The lowest BCUT2D eigenvalue weighted by Gasteiger charge is -2.29. The van der Waals surface area contributed by atoms with Crippen molar-refractivity contribution < 1.29 is 9.59 Å². The number of imidazole rings is 1. The monoisotopic (exact) mass is 326 g/mol. The first-order valence-corrected chi connectivity index (χ1v) is 8.07. The highest BCUT2D eigenvalue weighted by Crippen LogP contribution is 2.49. The highest BCUT2D eigenvalue weighted by Gasteiger charge is 2.45. The molecule has 1 heterocycles. The molecule has 0 saturated heterocycles. The summed E-state index contributed by atoms with van der Waals surface area (Å²) in [4.78, 5) is 30.2. The van der Waals surface area contributed by atoms with Crippen LogP contribution in [0.5, 0.6) is 0 Å². The third kappa shape index (κ3) is 3.18. The molecule has 1 unspecified atom stereocenters. The third-order valence-electron chi connectivity index (χ3n) is 5.05. The smallest absolute Gasteiger partial charge is 0.313 e. The van der Waals surface area contributed by atoms with E-state index in [1.807, 2.05) is 29.8 Å². The summed E-state index contributed by atoms with van der Waals surface area (Å²) in [5, 5.41) is 2.69. The zero-order valence-corrected chi connectivity index (χ0v) is 14.2. The number of benzene rings is 1. The molecule has 3 rings (SSSR count). The van der Waals surface area contributed by atoms with Crippen LogP contribution in [0.4, 0.5) is 5.69 Å². The van der Waals surface area contributed by atoms with Crippen molar-refractivity contribution in [2.45, 2.75) is 32.7 Å². The average molecular weight is 326 g/mol. The predicted molar refractivity (Wildman–Crippen MR) is 91.8 cm³/mol. The topological polar surface area (TPSA) is 67.2 Å². The van der Waals surface area contributed by atoms with Crippen LogP contribution in [0.2, 0.25) is 0 Å². The molecule has 24 heavy (non-hydrogen) atoms. The Morgan fingerprint density at radius 1 is 1.38 bits per heavy atom. The summed E-state index contributed by atoms with van der Waals surface area (Å²) in [6.07, 6.45) is 7.38. The zero-order valence-electron chi connectivity index (χ0n) is 14.2. The largest absolute Gasteiger partial charge is 0.334 e. The summed E-state index contributed by atoms with van der Waals surface area (Å²) in [6, 6.07) is 7.34. The molecule has 2 amide bonds. The predicted octanol–water partition coefficient (Wildman–Crippen LogP) is 2.46. The normalized spacial score (nSPS) is 16.3. The van der Waals surface area contributed by atoms with Gasteiger partial charge in [-0.3, -0.25) is 9.59 Å². The second kappa shape index (κ2) is 6.11. The van der Waals surface area contributed by atoms with E-state index in [-0.39, 0.29) is 11.5 Å². The van der Waals surface area contributed by atoms with Gasteiger partial charge >= 0.3 is 11.8 Å². The van der Waals surface area contributed by atoms with Crippen molar-refractivity contribution >= 4 is 17.5 Å². The van der Waals surface area contributed by atoms with Gasteiger partial charge in [-0.25, -0.2) is 4.98 Å². The maximum atomic E-state index is 12.4. The summed E-state index contributed by atoms with van der Waals surface area (Å²) in [6.45, 7) is 4.14. The second-order valence-corrected chi connectivity index (χ2v) is 6.72. The Morgan fingerprint density at radius 3 is 2.75 bits per heavy atom. The second-order valence-electron chi connectivity index (χ2n) is 6.72. The van der Waals surface area contributed by atoms with E-state index in [9.17, 15) is 9.59 Å². The molecule has 0 spiro atoms. The Labute approximate surface area is 141 Å². The molecule has 6 heteroatoms. The lowest BCUT2D eigenvalue weighted by Crippen LogP contribution is -2.45. The van der Waals surface area contributed by atoms with Gasteiger partial charge in [-0.1, -0.05) is 13.0 Å². The molecule has 0 bridgehead atoms. The first kappa shape index (κ1) is 16.2.